The van der Waals surface area contributed by atoms with E-state index in [0.717, 1.165) is 11.5 Å². The number of carbonyl (C=O) groups excluding carboxylic acids is 1. The molecule has 0 bridgehead atoms. The van der Waals surface area contributed by atoms with Crippen molar-refractivity contribution in [3.63, 3.8) is 0 Å². The fourth-order valence-corrected chi connectivity index (χ4v) is 2.86. The van der Waals surface area contributed by atoms with Gasteiger partial charge in [-0.3, -0.25) is 4.79 Å². The van der Waals surface area contributed by atoms with Crippen LogP contribution in [0.15, 0.2) is 27.8 Å². The van der Waals surface area contributed by atoms with Crippen molar-refractivity contribution in [2.45, 2.75) is 31.2 Å². The number of hydrogen-bond acceptors (Lipinski definition) is 4. The number of rotatable bonds is 4. The highest BCUT2D eigenvalue weighted by molar-refractivity contribution is 8.00. The molecule has 0 saturated heterocycles. The van der Waals surface area contributed by atoms with E-state index in [2.05, 4.69) is 10.3 Å². The average Bonchev–Trinajstić information content (AvgIpc) is 2.72. The minimum absolute atomic E-state index is 0.219. The Kier molecular flexibility index (Phi) is 5.19. The lowest BCUT2D eigenvalue weighted by molar-refractivity contribution is -0.115. The van der Waals surface area contributed by atoms with Gasteiger partial charge in [-0.25, -0.2) is 4.98 Å². The molecule has 0 radical (unpaired) electrons. The quantitative estimate of drug-likeness (QED) is 0.815. The number of aryl methyl sites for hydroxylation is 2. The average molecular weight is 345 g/mol. The molecule has 0 saturated carbocycles. The number of halogens is 2. The van der Waals surface area contributed by atoms with Crippen molar-refractivity contribution in [2.24, 2.45) is 0 Å². The van der Waals surface area contributed by atoms with Crippen LogP contribution >= 0.6 is 35.0 Å². The van der Waals surface area contributed by atoms with Crippen molar-refractivity contribution >= 4 is 46.6 Å². The SMILES string of the molecule is Cc1nc(S[C@@H](C)C(=O)Nc2c(Cl)cccc2Cl)oc1C. The third-order valence-electron chi connectivity index (χ3n) is 2.87. The molecule has 2 rings (SSSR count). The molecule has 4 nitrogen and oxygen atoms in total. The lowest BCUT2D eigenvalue weighted by atomic mass is 10.3. The van der Waals surface area contributed by atoms with Crippen molar-refractivity contribution in [3.8, 4) is 0 Å². The van der Waals surface area contributed by atoms with Gasteiger partial charge in [0.1, 0.15) is 5.76 Å². The van der Waals surface area contributed by atoms with Gasteiger partial charge in [0.15, 0.2) is 0 Å². The van der Waals surface area contributed by atoms with Crippen LogP contribution in [-0.2, 0) is 4.79 Å². The topological polar surface area (TPSA) is 55.1 Å². The van der Waals surface area contributed by atoms with E-state index in [9.17, 15) is 4.79 Å². The van der Waals surface area contributed by atoms with Gasteiger partial charge in [0.25, 0.3) is 5.22 Å². The van der Waals surface area contributed by atoms with Crippen molar-refractivity contribution in [2.75, 3.05) is 5.32 Å². The molecule has 0 fully saturated rings. The molecule has 21 heavy (non-hydrogen) atoms. The smallest absolute Gasteiger partial charge is 0.256 e. The van der Waals surface area contributed by atoms with Crippen LogP contribution in [0.5, 0.6) is 0 Å². The Balaban J connectivity index is 2.06. The number of amides is 1. The summed E-state index contributed by atoms with van der Waals surface area (Å²) in [5, 5.41) is 3.60. The van der Waals surface area contributed by atoms with Crippen molar-refractivity contribution < 1.29 is 9.21 Å². The van der Waals surface area contributed by atoms with E-state index in [1.54, 1.807) is 25.1 Å². The van der Waals surface area contributed by atoms with E-state index in [1.165, 1.54) is 11.8 Å². The minimum Gasteiger partial charge on any atom is -0.437 e. The van der Waals surface area contributed by atoms with Gasteiger partial charge in [-0.05, 0) is 32.9 Å². The van der Waals surface area contributed by atoms with Crippen LogP contribution in [0.25, 0.3) is 0 Å². The summed E-state index contributed by atoms with van der Waals surface area (Å²) in [5.41, 5.74) is 1.23. The van der Waals surface area contributed by atoms with Crippen LogP contribution in [0.3, 0.4) is 0 Å². The lowest BCUT2D eigenvalue weighted by Crippen LogP contribution is -2.22. The Bertz CT molecular complexity index is 633. The first-order valence-corrected chi connectivity index (χ1v) is 7.87. The number of hydrogen-bond donors (Lipinski definition) is 1. The zero-order valence-corrected chi connectivity index (χ0v) is 14.1. The largest absolute Gasteiger partial charge is 0.437 e. The minimum atomic E-state index is -0.394. The summed E-state index contributed by atoms with van der Waals surface area (Å²) in [6.45, 7) is 5.46. The number of aromatic nitrogens is 1. The molecule has 1 aromatic heterocycles. The zero-order chi connectivity index (χ0) is 15.6. The van der Waals surface area contributed by atoms with Gasteiger partial charge >= 0.3 is 0 Å². The molecule has 112 valence electrons. The third-order valence-corrected chi connectivity index (χ3v) is 4.44. The van der Waals surface area contributed by atoms with E-state index in [4.69, 9.17) is 27.6 Å². The first-order valence-electron chi connectivity index (χ1n) is 6.24. The van der Waals surface area contributed by atoms with Gasteiger partial charge in [0, 0.05) is 0 Å². The van der Waals surface area contributed by atoms with Gasteiger partial charge in [0.2, 0.25) is 5.91 Å². The molecular formula is C14H14Cl2N2O2S. The van der Waals surface area contributed by atoms with Crippen LogP contribution in [0, 0.1) is 13.8 Å². The Hall–Kier alpha value is -1.17. The Morgan fingerprint density at radius 1 is 1.33 bits per heavy atom. The monoisotopic (exact) mass is 344 g/mol. The predicted octanol–water partition coefficient (Wildman–Crippen LogP) is 4.72. The number of para-hydroxylation sites is 1. The van der Waals surface area contributed by atoms with Gasteiger partial charge in [0.05, 0.1) is 26.7 Å². The second kappa shape index (κ2) is 6.73. The molecule has 1 heterocycles. The van der Waals surface area contributed by atoms with E-state index in [0.29, 0.717) is 21.0 Å². The normalized spacial score (nSPS) is 12.2. The summed E-state index contributed by atoms with van der Waals surface area (Å²) >= 11 is 13.3. The number of oxazole rings is 1. The molecule has 1 aromatic carbocycles. The van der Waals surface area contributed by atoms with E-state index in [1.807, 2.05) is 13.8 Å². The second-order valence-corrected chi connectivity index (χ2v) is 6.57. The Morgan fingerprint density at radius 2 is 1.95 bits per heavy atom. The number of nitrogens with one attached hydrogen (secondary N) is 1. The first-order chi connectivity index (χ1) is 9.88. The summed E-state index contributed by atoms with van der Waals surface area (Å²) in [6, 6.07) is 5.06. The van der Waals surface area contributed by atoms with E-state index >= 15 is 0 Å². The first kappa shape index (κ1) is 16.2. The van der Waals surface area contributed by atoms with Crippen LogP contribution in [0.2, 0.25) is 10.0 Å². The van der Waals surface area contributed by atoms with Gasteiger partial charge < -0.3 is 9.73 Å². The number of nitrogens with zero attached hydrogens (tertiary/aromatic N) is 1. The maximum absolute atomic E-state index is 12.2. The standard InChI is InChI=1S/C14H14Cl2N2O2S/c1-7-8(2)20-14(17-7)21-9(3)13(19)18-12-10(15)5-4-6-11(12)16/h4-6,9H,1-3H3,(H,18,19)/t9-/m0/s1. The number of carbonyl (C=O) groups is 1. The molecule has 7 heteroatoms. The van der Waals surface area contributed by atoms with Crippen LogP contribution < -0.4 is 5.32 Å². The van der Waals surface area contributed by atoms with Gasteiger partial charge in [-0.2, -0.15) is 0 Å². The molecule has 0 aliphatic heterocycles. The Labute approximate surface area is 137 Å². The summed E-state index contributed by atoms with van der Waals surface area (Å²) < 4.78 is 5.45. The highest BCUT2D eigenvalue weighted by Crippen LogP contribution is 2.31. The summed E-state index contributed by atoms with van der Waals surface area (Å²) in [6.07, 6.45) is 0. The number of anilines is 1. The fourth-order valence-electron chi connectivity index (χ4n) is 1.54. The highest BCUT2D eigenvalue weighted by Gasteiger charge is 2.20. The number of thioether (sulfide) groups is 1. The second-order valence-electron chi connectivity index (χ2n) is 4.47. The van der Waals surface area contributed by atoms with Gasteiger partial charge in [-0.15, -0.1) is 0 Å². The molecule has 0 aliphatic carbocycles. The van der Waals surface area contributed by atoms with Crippen LogP contribution in [-0.4, -0.2) is 16.1 Å². The molecular weight excluding hydrogens is 331 g/mol. The van der Waals surface area contributed by atoms with Crippen molar-refractivity contribution in [1.82, 2.24) is 4.98 Å². The van der Waals surface area contributed by atoms with Crippen molar-refractivity contribution in [3.05, 3.63) is 39.7 Å². The van der Waals surface area contributed by atoms with Crippen molar-refractivity contribution in [1.29, 1.82) is 0 Å². The fraction of sp³-hybridized carbons (Fsp3) is 0.286. The zero-order valence-electron chi connectivity index (χ0n) is 11.7. The molecule has 0 aliphatic rings. The predicted molar refractivity (Wildman–Crippen MR) is 86.4 cm³/mol. The van der Waals surface area contributed by atoms with Crippen LogP contribution in [0.1, 0.15) is 18.4 Å². The molecule has 0 unspecified atom stereocenters. The molecule has 2 aromatic rings. The summed E-state index contributed by atoms with van der Waals surface area (Å²) in [4.78, 5) is 16.4. The van der Waals surface area contributed by atoms with Crippen LogP contribution in [0.4, 0.5) is 5.69 Å². The summed E-state index contributed by atoms with van der Waals surface area (Å²) in [5.74, 6) is 0.530. The maximum atomic E-state index is 12.2. The highest BCUT2D eigenvalue weighted by atomic mass is 35.5. The van der Waals surface area contributed by atoms with E-state index in [-0.39, 0.29) is 5.91 Å². The Morgan fingerprint density at radius 3 is 2.48 bits per heavy atom. The lowest BCUT2D eigenvalue weighted by Gasteiger charge is -2.12. The molecule has 1 atom stereocenters. The molecule has 0 spiro atoms. The molecule has 1 N–H and O–H groups in total. The third kappa shape index (κ3) is 3.93. The van der Waals surface area contributed by atoms with E-state index < -0.39 is 5.25 Å². The maximum Gasteiger partial charge on any atom is 0.256 e. The molecule has 1 amide bonds. The summed E-state index contributed by atoms with van der Waals surface area (Å²) in [7, 11) is 0. The number of benzene rings is 1. The van der Waals surface area contributed by atoms with Gasteiger partial charge in [-0.1, -0.05) is 41.0 Å².